The summed E-state index contributed by atoms with van der Waals surface area (Å²) in [4.78, 5) is 11.5. The van der Waals surface area contributed by atoms with Crippen LogP contribution in [0.2, 0.25) is 0 Å². The minimum absolute atomic E-state index is 0.0407. The molecule has 4 nitrogen and oxygen atoms in total. The van der Waals surface area contributed by atoms with Crippen molar-refractivity contribution in [2.75, 3.05) is 6.61 Å². The van der Waals surface area contributed by atoms with Crippen molar-refractivity contribution in [3.63, 3.8) is 0 Å². The van der Waals surface area contributed by atoms with E-state index in [0.29, 0.717) is 11.3 Å². The average Bonchev–Trinajstić information content (AvgIpc) is 2.26. The Morgan fingerprint density at radius 1 is 1.39 bits per heavy atom. The number of nitrogens with one attached hydrogen (secondary N) is 1. The molecule has 0 aromatic heterocycles. The van der Waals surface area contributed by atoms with Gasteiger partial charge in [0.15, 0.2) is 6.61 Å². The van der Waals surface area contributed by atoms with Crippen LogP contribution in [0.4, 0.5) is 0 Å². The molecule has 0 aliphatic rings. The summed E-state index contributed by atoms with van der Waals surface area (Å²) in [7, 11) is 0. The van der Waals surface area contributed by atoms with Crippen LogP contribution in [-0.4, -0.2) is 23.7 Å². The number of amides is 1. The molecule has 1 amide bonds. The van der Waals surface area contributed by atoms with E-state index in [-0.39, 0.29) is 18.6 Å². The Kier molecular flexibility index (Phi) is 5.16. The maximum atomic E-state index is 11.5. The fourth-order valence-electron chi connectivity index (χ4n) is 1.63. The molecular formula is C14H21NO3. The molecule has 0 aliphatic heterocycles. The number of benzene rings is 1. The van der Waals surface area contributed by atoms with E-state index in [0.717, 1.165) is 5.56 Å². The molecule has 1 aromatic carbocycles. The summed E-state index contributed by atoms with van der Waals surface area (Å²) in [6.45, 7) is 7.37. The Morgan fingerprint density at radius 3 is 2.61 bits per heavy atom. The zero-order chi connectivity index (χ0) is 13.7. The molecule has 0 spiro atoms. The van der Waals surface area contributed by atoms with Crippen LogP contribution in [-0.2, 0) is 4.79 Å². The lowest BCUT2D eigenvalue weighted by atomic mass is 10.1. The van der Waals surface area contributed by atoms with Crippen LogP contribution >= 0.6 is 0 Å². The van der Waals surface area contributed by atoms with Crippen LogP contribution in [0, 0.1) is 6.92 Å². The van der Waals surface area contributed by atoms with Gasteiger partial charge in [0, 0.05) is 11.6 Å². The maximum Gasteiger partial charge on any atom is 0.258 e. The SMILES string of the molecule is Cc1ccc(OCC(=O)NC(C)C)c([C@H](C)O)c1. The molecule has 0 fully saturated rings. The van der Waals surface area contributed by atoms with E-state index in [1.54, 1.807) is 13.0 Å². The van der Waals surface area contributed by atoms with E-state index >= 15 is 0 Å². The van der Waals surface area contributed by atoms with Crippen LogP contribution < -0.4 is 10.1 Å². The molecule has 0 aliphatic carbocycles. The van der Waals surface area contributed by atoms with Gasteiger partial charge in [0.25, 0.3) is 5.91 Å². The first kappa shape index (κ1) is 14.5. The van der Waals surface area contributed by atoms with Crippen molar-refractivity contribution in [3.05, 3.63) is 29.3 Å². The standard InChI is InChI=1S/C14H21NO3/c1-9(2)15-14(17)8-18-13-6-5-10(3)7-12(13)11(4)16/h5-7,9,11,16H,8H2,1-4H3,(H,15,17)/t11-/m0/s1. The van der Waals surface area contributed by atoms with Gasteiger partial charge in [0.05, 0.1) is 6.10 Å². The fourth-order valence-corrected chi connectivity index (χ4v) is 1.63. The molecule has 0 saturated carbocycles. The number of hydrogen-bond donors (Lipinski definition) is 2. The number of ether oxygens (including phenoxy) is 1. The van der Waals surface area contributed by atoms with Crippen molar-refractivity contribution in [3.8, 4) is 5.75 Å². The van der Waals surface area contributed by atoms with Crippen molar-refractivity contribution >= 4 is 5.91 Å². The molecular weight excluding hydrogens is 230 g/mol. The minimum Gasteiger partial charge on any atom is -0.483 e. The van der Waals surface area contributed by atoms with Crippen molar-refractivity contribution in [1.82, 2.24) is 5.32 Å². The third-order valence-electron chi connectivity index (χ3n) is 2.42. The molecule has 18 heavy (non-hydrogen) atoms. The predicted octanol–water partition coefficient (Wildman–Crippen LogP) is 1.95. The number of aliphatic hydroxyl groups is 1. The normalized spacial score (nSPS) is 12.3. The van der Waals surface area contributed by atoms with Gasteiger partial charge in [0.2, 0.25) is 0 Å². The second kappa shape index (κ2) is 6.40. The quantitative estimate of drug-likeness (QED) is 0.841. The molecule has 4 heteroatoms. The lowest BCUT2D eigenvalue weighted by Gasteiger charge is -2.15. The molecule has 1 rings (SSSR count). The first-order chi connectivity index (χ1) is 8.40. The van der Waals surface area contributed by atoms with Gasteiger partial charge in [0.1, 0.15) is 5.75 Å². The molecule has 1 atom stereocenters. The minimum atomic E-state index is -0.618. The third-order valence-corrected chi connectivity index (χ3v) is 2.42. The van der Waals surface area contributed by atoms with Crippen LogP contribution in [0.15, 0.2) is 18.2 Å². The zero-order valence-corrected chi connectivity index (χ0v) is 11.4. The number of carbonyl (C=O) groups is 1. The highest BCUT2D eigenvalue weighted by Crippen LogP contribution is 2.26. The van der Waals surface area contributed by atoms with Gasteiger partial charge in [-0.1, -0.05) is 11.6 Å². The van der Waals surface area contributed by atoms with E-state index in [2.05, 4.69) is 5.32 Å². The second-order valence-electron chi connectivity index (χ2n) is 4.73. The molecule has 0 saturated heterocycles. The van der Waals surface area contributed by atoms with Crippen molar-refractivity contribution in [1.29, 1.82) is 0 Å². The number of aliphatic hydroxyl groups excluding tert-OH is 1. The van der Waals surface area contributed by atoms with Crippen LogP contribution in [0.5, 0.6) is 5.75 Å². The number of carbonyl (C=O) groups excluding carboxylic acids is 1. The Bertz CT molecular complexity index is 414. The highest BCUT2D eigenvalue weighted by atomic mass is 16.5. The summed E-state index contributed by atoms with van der Waals surface area (Å²) >= 11 is 0. The van der Waals surface area contributed by atoms with Gasteiger partial charge in [-0.2, -0.15) is 0 Å². The van der Waals surface area contributed by atoms with Crippen molar-refractivity contribution in [2.24, 2.45) is 0 Å². The Hall–Kier alpha value is -1.55. The third kappa shape index (κ3) is 4.37. The molecule has 100 valence electrons. The van der Waals surface area contributed by atoms with E-state index in [1.807, 2.05) is 32.9 Å². The first-order valence-corrected chi connectivity index (χ1v) is 6.11. The summed E-state index contributed by atoms with van der Waals surface area (Å²) in [5.74, 6) is 0.386. The number of hydrogen-bond acceptors (Lipinski definition) is 3. The summed E-state index contributed by atoms with van der Waals surface area (Å²) in [5.41, 5.74) is 1.75. The molecule has 1 aromatic rings. The molecule has 2 N–H and O–H groups in total. The Balaban J connectivity index is 2.70. The van der Waals surface area contributed by atoms with Crippen LogP contribution in [0.3, 0.4) is 0 Å². The summed E-state index contributed by atoms with van der Waals surface area (Å²) in [6, 6.07) is 5.62. The van der Waals surface area contributed by atoms with Gasteiger partial charge in [-0.25, -0.2) is 0 Å². The second-order valence-corrected chi connectivity index (χ2v) is 4.73. The van der Waals surface area contributed by atoms with E-state index in [9.17, 15) is 9.90 Å². The summed E-state index contributed by atoms with van der Waals surface area (Å²) in [6.07, 6.45) is -0.618. The smallest absolute Gasteiger partial charge is 0.258 e. The number of aryl methyl sites for hydroxylation is 1. The van der Waals surface area contributed by atoms with E-state index in [4.69, 9.17) is 4.74 Å². The molecule has 0 unspecified atom stereocenters. The van der Waals surface area contributed by atoms with Gasteiger partial charge in [-0.15, -0.1) is 0 Å². The summed E-state index contributed by atoms with van der Waals surface area (Å²) in [5, 5.41) is 12.4. The van der Waals surface area contributed by atoms with E-state index < -0.39 is 6.10 Å². The van der Waals surface area contributed by atoms with Gasteiger partial charge in [-0.05, 0) is 39.8 Å². The van der Waals surface area contributed by atoms with Gasteiger partial charge >= 0.3 is 0 Å². The predicted molar refractivity (Wildman–Crippen MR) is 70.6 cm³/mol. The van der Waals surface area contributed by atoms with Gasteiger partial charge < -0.3 is 15.2 Å². The van der Waals surface area contributed by atoms with E-state index in [1.165, 1.54) is 0 Å². The van der Waals surface area contributed by atoms with Crippen LogP contribution in [0.1, 0.15) is 38.0 Å². The maximum absolute atomic E-state index is 11.5. The molecule has 0 bridgehead atoms. The highest BCUT2D eigenvalue weighted by molar-refractivity contribution is 5.77. The number of rotatable bonds is 5. The largest absolute Gasteiger partial charge is 0.483 e. The van der Waals surface area contributed by atoms with Crippen molar-refractivity contribution in [2.45, 2.75) is 39.8 Å². The summed E-state index contributed by atoms with van der Waals surface area (Å²) < 4.78 is 5.44. The highest BCUT2D eigenvalue weighted by Gasteiger charge is 2.11. The monoisotopic (exact) mass is 251 g/mol. The molecule has 0 radical (unpaired) electrons. The lowest BCUT2D eigenvalue weighted by Crippen LogP contribution is -2.34. The Labute approximate surface area is 108 Å². The van der Waals surface area contributed by atoms with Gasteiger partial charge in [-0.3, -0.25) is 4.79 Å². The van der Waals surface area contributed by atoms with Crippen LogP contribution in [0.25, 0.3) is 0 Å². The zero-order valence-electron chi connectivity index (χ0n) is 11.4. The topological polar surface area (TPSA) is 58.6 Å². The first-order valence-electron chi connectivity index (χ1n) is 6.11. The lowest BCUT2D eigenvalue weighted by molar-refractivity contribution is -0.123. The average molecular weight is 251 g/mol. The fraction of sp³-hybridized carbons (Fsp3) is 0.500. The Morgan fingerprint density at radius 2 is 2.06 bits per heavy atom. The van der Waals surface area contributed by atoms with Crippen molar-refractivity contribution < 1.29 is 14.6 Å². The molecule has 0 heterocycles.